The summed E-state index contributed by atoms with van der Waals surface area (Å²) in [5, 5.41) is 16.5. The zero-order valence-corrected chi connectivity index (χ0v) is 12.8. The fraction of sp³-hybridized carbons (Fsp3) is 0.333. The lowest BCUT2D eigenvalue weighted by Crippen LogP contribution is -2.23. The summed E-state index contributed by atoms with van der Waals surface area (Å²) in [4.78, 5) is 5.58. The van der Waals surface area contributed by atoms with Gasteiger partial charge in [0.2, 0.25) is 6.39 Å². The van der Waals surface area contributed by atoms with Gasteiger partial charge in [-0.3, -0.25) is 10.3 Å². The third-order valence-electron chi connectivity index (χ3n) is 3.40. The largest absolute Gasteiger partial charge is 0.493 e. The summed E-state index contributed by atoms with van der Waals surface area (Å²) in [6.07, 6.45) is 3.10. The Hall–Kier alpha value is -2.58. The van der Waals surface area contributed by atoms with Crippen molar-refractivity contribution in [2.75, 3.05) is 20.3 Å². The summed E-state index contributed by atoms with van der Waals surface area (Å²) in [5.74, 6) is 1.47. The molecule has 0 spiro atoms. The second kappa shape index (κ2) is 6.27. The average Bonchev–Trinajstić information content (AvgIpc) is 3.23. The van der Waals surface area contributed by atoms with Gasteiger partial charge in [0.15, 0.2) is 17.1 Å². The zero-order valence-electron chi connectivity index (χ0n) is 12.8. The van der Waals surface area contributed by atoms with Gasteiger partial charge in [-0.2, -0.15) is 0 Å². The highest BCUT2D eigenvalue weighted by Crippen LogP contribution is 2.36. The monoisotopic (exact) mass is 319 g/mol. The number of nitrogens with zero attached hydrogens (tertiary/aromatic N) is 2. The van der Waals surface area contributed by atoms with Crippen molar-refractivity contribution < 1.29 is 23.8 Å². The van der Waals surface area contributed by atoms with E-state index in [4.69, 9.17) is 23.8 Å². The van der Waals surface area contributed by atoms with Gasteiger partial charge in [0.25, 0.3) is 5.89 Å². The van der Waals surface area contributed by atoms with Crippen LogP contribution in [0.3, 0.4) is 0 Å². The molecule has 1 aromatic carbocycles. The van der Waals surface area contributed by atoms with Crippen LogP contribution in [0.2, 0.25) is 0 Å². The fourth-order valence-electron chi connectivity index (χ4n) is 2.24. The van der Waals surface area contributed by atoms with Gasteiger partial charge in [-0.15, -0.1) is 10.2 Å². The van der Waals surface area contributed by atoms with Crippen molar-refractivity contribution in [2.24, 2.45) is 0 Å². The van der Waals surface area contributed by atoms with E-state index in [1.54, 1.807) is 19.2 Å². The molecule has 0 amide bonds. The molecule has 2 N–H and O–H groups in total. The van der Waals surface area contributed by atoms with Crippen molar-refractivity contribution in [3.8, 4) is 11.5 Å². The van der Waals surface area contributed by atoms with Crippen molar-refractivity contribution in [3.05, 3.63) is 42.1 Å². The van der Waals surface area contributed by atoms with E-state index < -0.39 is 5.60 Å². The Morgan fingerprint density at radius 1 is 1.35 bits per heavy atom. The number of hydrogen-bond acceptors (Lipinski definition) is 8. The van der Waals surface area contributed by atoms with Crippen LogP contribution in [0.5, 0.6) is 11.5 Å². The molecule has 0 fully saturated rings. The van der Waals surface area contributed by atoms with Crippen LogP contribution < -0.4 is 15.0 Å². The molecule has 3 rings (SSSR count). The van der Waals surface area contributed by atoms with E-state index in [0.29, 0.717) is 17.4 Å². The molecule has 0 saturated heterocycles. The number of benzene rings is 1. The second-order valence-corrected chi connectivity index (χ2v) is 5.05. The summed E-state index contributed by atoms with van der Waals surface area (Å²) in [6.45, 7) is 1.92. The van der Waals surface area contributed by atoms with E-state index in [2.05, 4.69) is 15.7 Å². The van der Waals surface area contributed by atoms with Gasteiger partial charge in [-0.1, -0.05) is 0 Å². The maximum atomic E-state index is 8.91. The Morgan fingerprint density at radius 2 is 2.22 bits per heavy atom. The van der Waals surface area contributed by atoms with Crippen molar-refractivity contribution in [2.45, 2.75) is 12.5 Å². The van der Waals surface area contributed by atoms with E-state index in [1.165, 1.54) is 6.39 Å². The SMILES string of the molecule is COc1ccc(C2=CC(C)(c3nnco3)ON2)cc1OCCO. The third-order valence-corrected chi connectivity index (χ3v) is 3.40. The molecule has 2 heterocycles. The number of ether oxygens (including phenoxy) is 2. The molecule has 1 aliphatic heterocycles. The maximum Gasteiger partial charge on any atom is 0.254 e. The molecular weight excluding hydrogens is 302 g/mol. The molecule has 2 aromatic rings. The van der Waals surface area contributed by atoms with E-state index in [-0.39, 0.29) is 13.2 Å². The Morgan fingerprint density at radius 3 is 2.91 bits per heavy atom. The molecule has 1 aliphatic rings. The van der Waals surface area contributed by atoms with Crippen molar-refractivity contribution in [1.82, 2.24) is 15.7 Å². The number of hydroxylamine groups is 1. The van der Waals surface area contributed by atoms with Crippen LogP contribution in [0.1, 0.15) is 18.4 Å². The number of aliphatic hydroxyl groups excluding tert-OH is 1. The standard InChI is InChI=1S/C15H17N3O5/c1-15(14-17-16-9-22-14)8-11(18-23-15)10-3-4-12(20-2)13(7-10)21-6-5-19/h3-4,7-9,18-19H,5-6H2,1-2H3. The summed E-state index contributed by atoms with van der Waals surface area (Å²) < 4.78 is 16.0. The molecular formula is C15H17N3O5. The first-order valence-corrected chi connectivity index (χ1v) is 7.02. The summed E-state index contributed by atoms with van der Waals surface area (Å²) in [5.41, 5.74) is 3.58. The van der Waals surface area contributed by atoms with E-state index in [0.717, 1.165) is 11.3 Å². The Kier molecular flexibility index (Phi) is 4.18. The summed E-state index contributed by atoms with van der Waals surface area (Å²) in [7, 11) is 1.56. The molecule has 122 valence electrons. The second-order valence-electron chi connectivity index (χ2n) is 5.05. The minimum absolute atomic E-state index is 0.0767. The zero-order chi connectivity index (χ0) is 16.3. The minimum Gasteiger partial charge on any atom is -0.493 e. The molecule has 8 heteroatoms. The molecule has 0 bridgehead atoms. The van der Waals surface area contributed by atoms with Crippen LogP contribution in [-0.2, 0) is 10.4 Å². The van der Waals surface area contributed by atoms with Crippen molar-refractivity contribution in [1.29, 1.82) is 0 Å². The maximum absolute atomic E-state index is 8.91. The predicted octanol–water partition coefficient (Wildman–Crippen LogP) is 1.24. The first-order valence-electron chi connectivity index (χ1n) is 7.02. The van der Waals surface area contributed by atoms with Crippen LogP contribution >= 0.6 is 0 Å². The summed E-state index contributed by atoms with van der Waals surface area (Å²) in [6, 6.07) is 5.45. The van der Waals surface area contributed by atoms with Gasteiger partial charge >= 0.3 is 0 Å². The van der Waals surface area contributed by atoms with Crippen LogP contribution in [0.25, 0.3) is 5.70 Å². The summed E-state index contributed by atoms with van der Waals surface area (Å²) >= 11 is 0. The van der Waals surface area contributed by atoms with Crippen LogP contribution in [-0.4, -0.2) is 35.6 Å². The van der Waals surface area contributed by atoms with E-state index in [9.17, 15) is 0 Å². The van der Waals surface area contributed by atoms with Gasteiger partial charge in [-0.25, -0.2) is 0 Å². The van der Waals surface area contributed by atoms with E-state index in [1.807, 2.05) is 19.1 Å². The first kappa shape index (κ1) is 15.3. The Labute approximate surface area is 132 Å². The lowest BCUT2D eigenvalue weighted by molar-refractivity contribution is -0.0418. The number of nitrogens with one attached hydrogen (secondary N) is 1. The number of rotatable bonds is 6. The number of methoxy groups -OCH3 is 1. The van der Waals surface area contributed by atoms with Gasteiger partial charge in [0.1, 0.15) is 6.61 Å². The van der Waals surface area contributed by atoms with Crippen LogP contribution in [0.15, 0.2) is 35.1 Å². The Balaban J connectivity index is 1.90. The molecule has 8 nitrogen and oxygen atoms in total. The highest BCUT2D eigenvalue weighted by atomic mass is 16.7. The lowest BCUT2D eigenvalue weighted by Gasteiger charge is -2.14. The molecule has 0 saturated carbocycles. The molecule has 23 heavy (non-hydrogen) atoms. The van der Waals surface area contributed by atoms with Gasteiger partial charge < -0.3 is 19.0 Å². The first-order chi connectivity index (χ1) is 11.2. The molecule has 0 radical (unpaired) electrons. The minimum atomic E-state index is -0.849. The van der Waals surface area contributed by atoms with Gasteiger partial charge in [-0.05, 0) is 31.2 Å². The highest BCUT2D eigenvalue weighted by molar-refractivity contribution is 5.68. The van der Waals surface area contributed by atoms with Gasteiger partial charge in [0, 0.05) is 5.56 Å². The average molecular weight is 319 g/mol. The molecule has 0 aliphatic carbocycles. The number of aliphatic hydroxyl groups is 1. The Bertz CT molecular complexity index is 701. The van der Waals surface area contributed by atoms with Crippen molar-refractivity contribution in [3.63, 3.8) is 0 Å². The lowest BCUT2D eigenvalue weighted by atomic mass is 10.0. The topological polar surface area (TPSA) is 98.9 Å². The molecule has 1 aromatic heterocycles. The van der Waals surface area contributed by atoms with Crippen molar-refractivity contribution >= 4 is 5.70 Å². The molecule has 1 unspecified atom stereocenters. The van der Waals surface area contributed by atoms with Gasteiger partial charge in [0.05, 0.1) is 19.4 Å². The van der Waals surface area contributed by atoms with Crippen LogP contribution in [0.4, 0.5) is 0 Å². The predicted molar refractivity (Wildman–Crippen MR) is 79.4 cm³/mol. The normalized spacial score (nSPS) is 20.0. The smallest absolute Gasteiger partial charge is 0.254 e. The fourth-order valence-corrected chi connectivity index (χ4v) is 2.24. The van der Waals surface area contributed by atoms with Crippen LogP contribution in [0, 0.1) is 0 Å². The third kappa shape index (κ3) is 2.99. The van der Waals surface area contributed by atoms with E-state index >= 15 is 0 Å². The highest BCUT2D eigenvalue weighted by Gasteiger charge is 2.37. The molecule has 1 atom stereocenters. The quantitative estimate of drug-likeness (QED) is 0.820. The number of aromatic nitrogens is 2. The number of hydrogen-bond donors (Lipinski definition) is 2.